The number of nitro groups is 1. The predicted molar refractivity (Wildman–Crippen MR) is 97.1 cm³/mol. The number of benzene rings is 1. The quantitative estimate of drug-likeness (QED) is 0.319. The number of hydrazone groups is 1. The number of anilines is 1. The second-order valence-electron chi connectivity index (χ2n) is 5.64. The first-order chi connectivity index (χ1) is 13.9. The van der Waals surface area contributed by atoms with E-state index in [1.807, 2.05) is 0 Å². The van der Waals surface area contributed by atoms with Crippen molar-refractivity contribution in [3.8, 4) is 5.82 Å². The maximum absolute atomic E-state index is 12.5. The molecule has 14 heteroatoms. The number of carbonyl (C=O) groups excluding carboxylic acids is 1. The molecule has 0 saturated heterocycles. The standard InChI is InChI=1S/C15H15N9O5/c1-8(9-3-5-10(6-4-9)24(26)27)17-19-15(25)12-11(7-28-2)23(22-18-12)14-13(16)20-29-21-14/h3-6H,7H2,1-2H3,(H2,16,20)(H,19,25)/b17-8-. The summed E-state index contributed by atoms with van der Waals surface area (Å²) in [4.78, 5) is 22.7. The molecule has 0 radical (unpaired) electrons. The number of hydrogen-bond acceptors (Lipinski definition) is 11. The smallest absolute Gasteiger partial charge is 0.293 e. The van der Waals surface area contributed by atoms with Crippen molar-refractivity contribution in [2.75, 3.05) is 12.8 Å². The first kappa shape index (κ1) is 19.6. The summed E-state index contributed by atoms with van der Waals surface area (Å²) in [6, 6.07) is 5.73. The van der Waals surface area contributed by atoms with Gasteiger partial charge in [0, 0.05) is 19.2 Å². The molecule has 150 valence electrons. The minimum Gasteiger partial charge on any atom is -0.378 e. The third kappa shape index (κ3) is 4.06. The van der Waals surface area contributed by atoms with Crippen molar-refractivity contribution >= 4 is 23.1 Å². The zero-order valence-electron chi connectivity index (χ0n) is 15.3. The molecule has 0 bridgehead atoms. The van der Waals surface area contributed by atoms with Crippen LogP contribution in [0.5, 0.6) is 0 Å². The average molecular weight is 401 g/mol. The molecule has 0 spiro atoms. The van der Waals surface area contributed by atoms with E-state index in [0.29, 0.717) is 11.3 Å². The highest BCUT2D eigenvalue weighted by molar-refractivity contribution is 6.00. The van der Waals surface area contributed by atoms with E-state index >= 15 is 0 Å². The van der Waals surface area contributed by atoms with Gasteiger partial charge in [0.2, 0.25) is 11.6 Å². The molecule has 0 aliphatic rings. The molecule has 0 fully saturated rings. The van der Waals surface area contributed by atoms with Crippen LogP contribution in [0.1, 0.15) is 28.7 Å². The van der Waals surface area contributed by atoms with Crippen LogP contribution in [0.3, 0.4) is 0 Å². The van der Waals surface area contributed by atoms with Crippen molar-refractivity contribution < 1.29 is 19.1 Å². The number of rotatable bonds is 7. The van der Waals surface area contributed by atoms with Crippen LogP contribution in [0.4, 0.5) is 11.5 Å². The maximum atomic E-state index is 12.5. The van der Waals surface area contributed by atoms with Crippen LogP contribution >= 0.6 is 0 Å². The molecule has 1 aromatic carbocycles. The van der Waals surface area contributed by atoms with Crippen molar-refractivity contribution in [2.24, 2.45) is 5.10 Å². The first-order valence-corrected chi connectivity index (χ1v) is 8.03. The number of hydrogen-bond donors (Lipinski definition) is 2. The van der Waals surface area contributed by atoms with E-state index in [9.17, 15) is 14.9 Å². The number of non-ortho nitro benzene ring substituents is 1. The molecular formula is C15H15N9O5. The number of nitrogens with one attached hydrogen (secondary N) is 1. The number of aromatic nitrogens is 5. The SMILES string of the molecule is COCc1c(C(=O)N/N=C(/C)c2ccc([N+](=O)[O-])cc2)nnn1-c1nonc1N. The van der Waals surface area contributed by atoms with Crippen LogP contribution in [0.25, 0.3) is 5.82 Å². The summed E-state index contributed by atoms with van der Waals surface area (Å²) in [5.74, 6) is -0.625. The van der Waals surface area contributed by atoms with Gasteiger partial charge in [-0.3, -0.25) is 14.9 Å². The largest absolute Gasteiger partial charge is 0.378 e. The second-order valence-corrected chi connectivity index (χ2v) is 5.64. The number of amides is 1. The Bertz CT molecular complexity index is 1070. The zero-order chi connectivity index (χ0) is 21.0. The lowest BCUT2D eigenvalue weighted by Crippen LogP contribution is -2.22. The Labute approximate surface area is 162 Å². The Kier molecular flexibility index (Phi) is 5.54. The lowest BCUT2D eigenvalue weighted by molar-refractivity contribution is -0.384. The molecule has 29 heavy (non-hydrogen) atoms. The van der Waals surface area contributed by atoms with Crippen LogP contribution in [-0.4, -0.2) is 49.0 Å². The summed E-state index contributed by atoms with van der Waals surface area (Å²) in [6.45, 7) is 1.61. The van der Waals surface area contributed by atoms with E-state index in [0.717, 1.165) is 0 Å². The van der Waals surface area contributed by atoms with E-state index in [2.05, 4.69) is 35.8 Å². The molecule has 0 unspecified atom stereocenters. The minimum absolute atomic E-state index is 0.0207. The van der Waals surface area contributed by atoms with Crippen LogP contribution in [0.15, 0.2) is 34.0 Å². The van der Waals surface area contributed by atoms with Gasteiger partial charge in [0.1, 0.15) is 5.69 Å². The highest BCUT2D eigenvalue weighted by Crippen LogP contribution is 2.16. The summed E-state index contributed by atoms with van der Waals surface area (Å²) in [5.41, 5.74) is 9.19. The number of methoxy groups -OCH3 is 1. The first-order valence-electron chi connectivity index (χ1n) is 8.03. The molecule has 2 aromatic heterocycles. The van der Waals surface area contributed by atoms with E-state index in [1.165, 1.54) is 36.1 Å². The van der Waals surface area contributed by atoms with Gasteiger partial charge in [0.15, 0.2) is 5.69 Å². The zero-order valence-corrected chi connectivity index (χ0v) is 15.3. The minimum atomic E-state index is -0.653. The Hall–Kier alpha value is -4.20. The summed E-state index contributed by atoms with van der Waals surface area (Å²) in [6.07, 6.45) is 0. The van der Waals surface area contributed by atoms with Crippen molar-refractivity contribution in [1.29, 1.82) is 0 Å². The third-order valence-electron chi connectivity index (χ3n) is 3.78. The van der Waals surface area contributed by atoms with Gasteiger partial charge >= 0.3 is 0 Å². The van der Waals surface area contributed by atoms with Crippen LogP contribution in [-0.2, 0) is 11.3 Å². The fourth-order valence-corrected chi connectivity index (χ4v) is 2.33. The van der Waals surface area contributed by atoms with Crippen molar-refractivity contribution in [3.63, 3.8) is 0 Å². The Morgan fingerprint density at radius 3 is 2.69 bits per heavy atom. The number of nitrogens with zero attached hydrogens (tertiary/aromatic N) is 7. The molecule has 3 aromatic rings. The molecule has 2 heterocycles. The Morgan fingerprint density at radius 2 is 2.10 bits per heavy atom. The second kappa shape index (κ2) is 8.22. The fourth-order valence-electron chi connectivity index (χ4n) is 2.33. The lowest BCUT2D eigenvalue weighted by atomic mass is 10.1. The van der Waals surface area contributed by atoms with Gasteiger partial charge in [0.05, 0.1) is 17.2 Å². The molecule has 3 N–H and O–H groups in total. The number of nitrogens with two attached hydrogens (primary N) is 1. The number of carbonyl (C=O) groups is 1. The third-order valence-corrected chi connectivity index (χ3v) is 3.78. The molecule has 1 amide bonds. The van der Waals surface area contributed by atoms with Gasteiger partial charge in [-0.25, -0.2) is 10.1 Å². The maximum Gasteiger partial charge on any atom is 0.293 e. The number of ether oxygens (including phenoxy) is 1. The van der Waals surface area contributed by atoms with Gasteiger partial charge in [-0.2, -0.15) is 9.78 Å². The summed E-state index contributed by atoms with van der Waals surface area (Å²) in [7, 11) is 1.43. The van der Waals surface area contributed by atoms with E-state index in [-0.39, 0.29) is 35.3 Å². The van der Waals surface area contributed by atoms with Crippen LogP contribution < -0.4 is 11.2 Å². The topological polar surface area (TPSA) is 189 Å². The molecule has 3 rings (SSSR count). The molecule has 0 aliphatic carbocycles. The van der Waals surface area contributed by atoms with Crippen molar-refractivity contribution in [3.05, 3.63) is 51.3 Å². The van der Waals surface area contributed by atoms with Gasteiger partial charge in [-0.1, -0.05) is 5.21 Å². The van der Waals surface area contributed by atoms with Gasteiger partial charge < -0.3 is 10.5 Å². The Balaban J connectivity index is 1.81. The van der Waals surface area contributed by atoms with Crippen LogP contribution in [0, 0.1) is 10.1 Å². The summed E-state index contributed by atoms with van der Waals surface area (Å²) in [5, 5.41) is 29.5. The van der Waals surface area contributed by atoms with E-state index in [1.54, 1.807) is 6.92 Å². The van der Waals surface area contributed by atoms with E-state index in [4.69, 9.17) is 10.5 Å². The monoisotopic (exact) mass is 401 g/mol. The molecule has 0 atom stereocenters. The highest BCUT2D eigenvalue weighted by atomic mass is 16.6. The van der Waals surface area contributed by atoms with E-state index < -0.39 is 10.8 Å². The number of nitro benzene ring substituents is 1. The molecule has 0 saturated carbocycles. The predicted octanol–water partition coefficient (Wildman–Crippen LogP) is 0.441. The average Bonchev–Trinajstić information content (AvgIpc) is 3.32. The van der Waals surface area contributed by atoms with Gasteiger partial charge in [0.25, 0.3) is 11.6 Å². The highest BCUT2D eigenvalue weighted by Gasteiger charge is 2.23. The lowest BCUT2D eigenvalue weighted by Gasteiger charge is -2.05. The fraction of sp³-hybridized carbons (Fsp3) is 0.200. The summed E-state index contributed by atoms with van der Waals surface area (Å²) >= 11 is 0. The molecular weight excluding hydrogens is 386 g/mol. The molecule has 0 aliphatic heterocycles. The molecule has 14 nitrogen and oxygen atoms in total. The van der Waals surface area contributed by atoms with Gasteiger partial charge in [-0.15, -0.1) is 5.10 Å². The normalized spacial score (nSPS) is 11.4. The van der Waals surface area contributed by atoms with Crippen LogP contribution in [0.2, 0.25) is 0 Å². The van der Waals surface area contributed by atoms with Crippen molar-refractivity contribution in [2.45, 2.75) is 13.5 Å². The number of nitrogen functional groups attached to an aromatic ring is 1. The van der Waals surface area contributed by atoms with Crippen molar-refractivity contribution in [1.82, 2.24) is 30.7 Å². The van der Waals surface area contributed by atoms with Gasteiger partial charge in [-0.05, 0) is 34.9 Å². The Morgan fingerprint density at radius 1 is 1.38 bits per heavy atom. The summed E-state index contributed by atoms with van der Waals surface area (Å²) < 4.78 is 10.8.